The van der Waals surface area contributed by atoms with Gasteiger partial charge in [-0.2, -0.15) is 0 Å². The van der Waals surface area contributed by atoms with Crippen molar-refractivity contribution in [2.45, 2.75) is 13.3 Å². The molecule has 2 N–H and O–H groups in total. The maximum Gasteiger partial charge on any atom is 0.338 e. The van der Waals surface area contributed by atoms with Gasteiger partial charge >= 0.3 is 5.97 Å². The largest absolute Gasteiger partial charge is 0.462 e. The van der Waals surface area contributed by atoms with Crippen molar-refractivity contribution in [1.82, 2.24) is 0 Å². The predicted octanol–water partition coefficient (Wildman–Crippen LogP) is 3.30. The maximum atomic E-state index is 11.8. The number of para-hydroxylation sites is 1. The van der Waals surface area contributed by atoms with Gasteiger partial charge in [-0.05, 0) is 42.8 Å². The zero-order valence-corrected chi connectivity index (χ0v) is 13.0. The summed E-state index contributed by atoms with van der Waals surface area (Å²) >= 11 is 0. The highest BCUT2D eigenvalue weighted by Crippen LogP contribution is 2.11. The molecule has 0 heterocycles. The first-order valence-electron chi connectivity index (χ1n) is 7.55. The van der Waals surface area contributed by atoms with Crippen LogP contribution < -0.4 is 10.6 Å². The summed E-state index contributed by atoms with van der Waals surface area (Å²) in [4.78, 5) is 23.5. The van der Waals surface area contributed by atoms with Crippen molar-refractivity contribution >= 4 is 23.3 Å². The van der Waals surface area contributed by atoms with Crippen molar-refractivity contribution in [2.24, 2.45) is 0 Å². The lowest BCUT2D eigenvalue weighted by molar-refractivity contribution is -0.114. The molecule has 5 nitrogen and oxygen atoms in total. The number of anilines is 2. The van der Waals surface area contributed by atoms with Crippen molar-refractivity contribution in [1.29, 1.82) is 0 Å². The molecule has 2 rings (SSSR count). The van der Waals surface area contributed by atoms with Crippen LogP contribution in [0.5, 0.6) is 0 Å². The van der Waals surface area contributed by atoms with Crippen LogP contribution in [0.15, 0.2) is 54.6 Å². The van der Waals surface area contributed by atoms with Gasteiger partial charge < -0.3 is 15.4 Å². The standard InChI is InChI=1S/C18H20N2O3/c1-2-12-23-18(22)14-8-10-15(11-9-14)19-13-17(21)20-16-6-4-3-5-7-16/h3-11,19H,2,12-13H2,1H3,(H,20,21). The second-order valence-corrected chi connectivity index (χ2v) is 4.98. The SMILES string of the molecule is CCCOC(=O)c1ccc(NCC(=O)Nc2ccccc2)cc1. The van der Waals surface area contributed by atoms with Crippen LogP contribution in [-0.2, 0) is 9.53 Å². The van der Waals surface area contributed by atoms with Crippen LogP contribution >= 0.6 is 0 Å². The Bertz CT molecular complexity index is 639. The van der Waals surface area contributed by atoms with E-state index in [4.69, 9.17) is 4.74 Å². The molecule has 0 atom stereocenters. The van der Waals surface area contributed by atoms with Crippen LogP contribution in [0.4, 0.5) is 11.4 Å². The summed E-state index contributed by atoms with van der Waals surface area (Å²) in [5, 5.41) is 5.80. The quantitative estimate of drug-likeness (QED) is 0.770. The van der Waals surface area contributed by atoms with Crippen LogP contribution in [0.1, 0.15) is 23.7 Å². The summed E-state index contributed by atoms with van der Waals surface area (Å²) in [6.45, 7) is 2.51. The van der Waals surface area contributed by atoms with Gasteiger partial charge in [-0.1, -0.05) is 25.1 Å². The van der Waals surface area contributed by atoms with E-state index in [9.17, 15) is 9.59 Å². The molecule has 0 aromatic heterocycles. The van der Waals surface area contributed by atoms with Crippen molar-refractivity contribution in [3.05, 3.63) is 60.2 Å². The minimum Gasteiger partial charge on any atom is -0.462 e. The van der Waals surface area contributed by atoms with E-state index in [0.717, 1.165) is 17.8 Å². The van der Waals surface area contributed by atoms with E-state index in [2.05, 4.69) is 10.6 Å². The molecule has 0 fully saturated rings. The monoisotopic (exact) mass is 312 g/mol. The Morgan fingerprint density at radius 3 is 2.30 bits per heavy atom. The molecule has 0 saturated carbocycles. The Labute approximate surface area is 135 Å². The minimum atomic E-state index is -0.333. The minimum absolute atomic E-state index is 0.136. The number of rotatable bonds is 7. The van der Waals surface area contributed by atoms with Gasteiger partial charge in [-0.25, -0.2) is 4.79 Å². The highest BCUT2D eigenvalue weighted by atomic mass is 16.5. The fourth-order valence-corrected chi connectivity index (χ4v) is 1.91. The molecule has 1 amide bonds. The molecular weight excluding hydrogens is 292 g/mol. The Kier molecular flexibility index (Phi) is 6.17. The van der Waals surface area contributed by atoms with Gasteiger partial charge in [0.25, 0.3) is 0 Å². The number of hydrogen-bond donors (Lipinski definition) is 2. The lowest BCUT2D eigenvalue weighted by atomic mass is 10.2. The van der Waals surface area contributed by atoms with Crippen molar-refractivity contribution < 1.29 is 14.3 Å². The van der Waals surface area contributed by atoms with Crippen molar-refractivity contribution in [3.8, 4) is 0 Å². The molecule has 2 aromatic carbocycles. The number of carbonyl (C=O) groups is 2. The Morgan fingerprint density at radius 2 is 1.65 bits per heavy atom. The highest BCUT2D eigenvalue weighted by Gasteiger charge is 2.07. The average Bonchev–Trinajstić information content (AvgIpc) is 2.59. The first-order valence-corrected chi connectivity index (χ1v) is 7.55. The fraction of sp³-hybridized carbons (Fsp3) is 0.222. The molecule has 2 aromatic rings. The fourth-order valence-electron chi connectivity index (χ4n) is 1.91. The maximum absolute atomic E-state index is 11.8. The Morgan fingerprint density at radius 1 is 0.957 bits per heavy atom. The van der Waals surface area contributed by atoms with Crippen molar-refractivity contribution in [3.63, 3.8) is 0 Å². The molecule has 0 radical (unpaired) electrons. The zero-order valence-electron chi connectivity index (χ0n) is 13.0. The molecule has 0 aliphatic carbocycles. The average molecular weight is 312 g/mol. The number of hydrogen-bond acceptors (Lipinski definition) is 4. The second kappa shape index (κ2) is 8.58. The first kappa shape index (κ1) is 16.5. The number of amides is 1. The molecular formula is C18H20N2O3. The van der Waals surface area contributed by atoms with E-state index in [1.807, 2.05) is 37.3 Å². The van der Waals surface area contributed by atoms with Gasteiger partial charge in [-0.3, -0.25) is 4.79 Å². The van der Waals surface area contributed by atoms with Gasteiger partial charge in [-0.15, -0.1) is 0 Å². The summed E-state index contributed by atoms with van der Waals surface area (Å²) in [6.07, 6.45) is 0.794. The molecule has 120 valence electrons. The van der Waals surface area contributed by atoms with Gasteiger partial charge in [0.2, 0.25) is 5.91 Å². The Balaban J connectivity index is 1.81. The number of esters is 1. The summed E-state index contributed by atoms with van der Waals surface area (Å²) < 4.78 is 5.06. The van der Waals surface area contributed by atoms with Crippen LogP contribution in [0.2, 0.25) is 0 Å². The molecule has 0 spiro atoms. The molecule has 0 saturated heterocycles. The summed E-state index contributed by atoms with van der Waals surface area (Å²) in [6, 6.07) is 16.1. The third-order valence-corrected chi connectivity index (χ3v) is 3.07. The third-order valence-electron chi connectivity index (χ3n) is 3.07. The van der Waals surface area contributed by atoms with E-state index in [0.29, 0.717) is 12.2 Å². The van der Waals surface area contributed by atoms with E-state index in [1.165, 1.54) is 0 Å². The van der Waals surface area contributed by atoms with E-state index in [1.54, 1.807) is 24.3 Å². The second-order valence-electron chi connectivity index (χ2n) is 4.98. The first-order chi connectivity index (χ1) is 11.2. The van der Waals surface area contributed by atoms with Crippen LogP contribution in [0, 0.1) is 0 Å². The number of benzene rings is 2. The van der Waals surface area contributed by atoms with E-state index < -0.39 is 0 Å². The molecule has 23 heavy (non-hydrogen) atoms. The van der Waals surface area contributed by atoms with E-state index in [-0.39, 0.29) is 18.4 Å². The topological polar surface area (TPSA) is 67.4 Å². The predicted molar refractivity (Wildman–Crippen MR) is 90.6 cm³/mol. The van der Waals surface area contributed by atoms with Crippen LogP contribution in [0.25, 0.3) is 0 Å². The van der Waals surface area contributed by atoms with Crippen LogP contribution in [0.3, 0.4) is 0 Å². The molecule has 0 aliphatic heterocycles. The lowest BCUT2D eigenvalue weighted by Crippen LogP contribution is -2.21. The molecule has 0 aliphatic rings. The molecule has 0 bridgehead atoms. The van der Waals surface area contributed by atoms with E-state index >= 15 is 0 Å². The van der Waals surface area contributed by atoms with Gasteiger partial charge in [0.15, 0.2) is 0 Å². The van der Waals surface area contributed by atoms with Crippen molar-refractivity contribution in [2.75, 3.05) is 23.8 Å². The number of ether oxygens (including phenoxy) is 1. The van der Waals surface area contributed by atoms with Crippen LogP contribution in [-0.4, -0.2) is 25.0 Å². The Hall–Kier alpha value is -2.82. The van der Waals surface area contributed by atoms with Gasteiger partial charge in [0.1, 0.15) is 0 Å². The summed E-state index contributed by atoms with van der Waals surface area (Å²) in [5.74, 6) is -0.470. The number of nitrogens with one attached hydrogen (secondary N) is 2. The smallest absolute Gasteiger partial charge is 0.338 e. The molecule has 5 heteroatoms. The number of carbonyl (C=O) groups excluding carboxylic acids is 2. The van der Waals surface area contributed by atoms with Gasteiger partial charge in [0, 0.05) is 11.4 Å². The normalized spacial score (nSPS) is 9.96. The highest BCUT2D eigenvalue weighted by molar-refractivity contribution is 5.94. The zero-order chi connectivity index (χ0) is 16.5. The summed E-state index contributed by atoms with van der Waals surface area (Å²) in [5.41, 5.74) is 2.02. The van der Waals surface area contributed by atoms with Gasteiger partial charge in [0.05, 0.1) is 18.7 Å². The summed E-state index contributed by atoms with van der Waals surface area (Å²) in [7, 11) is 0. The third kappa shape index (κ3) is 5.47. The lowest BCUT2D eigenvalue weighted by Gasteiger charge is -2.08. The molecule has 0 unspecified atom stereocenters.